The van der Waals surface area contributed by atoms with Crippen LogP contribution in [0.1, 0.15) is 32.8 Å². The fourth-order valence-corrected chi connectivity index (χ4v) is 2.49. The third kappa shape index (κ3) is 4.31. The van der Waals surface area contributed by atoms with E-state index in [0.29, 0.717) is 13.0 Å². The maximum absolute atomic E-state index is 14.0. The van der Waals surface area contributed by atoms with E-state index in [9.17, 15) is 13.6 Å². The SMILES string of the molecule is CC(C)(C)OC(=O)N[C@H]1CCN(c2c(F)cc(C#N)cc2F)C1. The summed E-state index contributed by atoms with van der Waals surface area (Å²) in [5, 5.41) is 11.4. The van der Waals surface area contributed by atoms with Crippen molar-refractivity contribution in [3.63, 3.8) is 0 Å². The number of anilines is 1. The van der Waals surface area contributed by atoms with Gasteiger partial charge in [-0.15, -0.1) is 0 Å². The molecule has 124 valence electrons. The molecule has 1 aliphatic heterocycles. The molecule has 0 bridgehead atoms. The quantitative estimate of drug-likeness (QED) is 0.909. The molecular formula is C16H19F2N3O2. The van der Waals surface area contributed by atoms with Gasteiger partial charge >= 0.3 is 6.09 Å². The van der Waals surface area contributed by atoms with Crippen LogP contribution in [0.3, 0.4) is 0 Å². The second kappa shape index (κ2) is 6.41. The number of nitriles is 1. The number of hydrogen-bond acceptors (Lipinski definition) is 4. The minimum absolute atomic E-state index is 0.0635. The van der Waals surface area contributed by atoms with E-state index in [4.69, 9.17) is 10.00 Å². The van der Waals surface area contributed by atoms with Gasteiger partial charge in [0.25, 0.3) is 0 Å². The molecule has 0 radical (unpaired) electrons. The van der Waals surface area contributed by atoms with Crippen molar-refractivity contribution in [2.45, 2.75) is 38.8 Å². The third-order valence-corrected chi connectivity index (χ3v) is 3.37. The topological polar surface area (TPSA) is 65.4 Å². The maximum Gasteiger partial charge on any atom is 0.407 e. The van der Waals surface area contributed by atoms with Crippen molar-refractivity contribution < 1.29 is 18.3 Å². The van der Waals surface area contributed by atoms with Gasteiger partial charge in [-0.3, -0.25) is 0 Å². The Morgan fingerprint density at radius 2 is 2.00 bits per heavy atom. The van der Waals surface area contributed by atoms with Crippen LogP contribution >= 0.6 is 0 Å². The minimum Gasteiger partial charge on any atom is -0.444 e. The molecule has 0 aliphatic carbocycles. The molecule has 1 aromatic rings. The van der Waals surface area contributed by atoms with Crippen molar-refractivity contribution in [3.8, 4) is 6.07 Å². The van der Waals surface area contributed by atoms with Gasteiger partial charge in [-0.1, -0.05) is 0 Å². The zero-order valence-corrected chi connectivity index (χ0v) is 13.3. The first-order valence-electron chi connectivity index (χ1n) is 7.33. The first-order valence-corrected chi connectivity index (χ1v) is 7.33. The lowest BCUT2D eigenvalue weighted by Crippen LogP contribution is -2.40. The zero-order valence-electron chi connectivity index (χ0n) is 13.3. The molecule has 5 nitrogen and oxygen atoms in total. The number of rotatable bonds is 2. The van der Waals surface area contributed by atoms with Crippen molar-refractivity contribution >= 4 is 11.8 Å². The predicted molar refractivity (Wildman–Crippen MR) is 81.1 cm³/mol. The van der Waals surface area contributed by atoms with Gasteiger partial charge in [0.15, 0.2) is 11.6 Å². The zero-order chi connectivity index (χ0) is 17.2. The second-order valence-corrected chi connectivity index (χ2v) is 6.48. The summed E-state index contributed by atoms with van der Waals surface area (Å²) in [5.74, 6) is -1.56. The van der Waals surface area contributed by atoms with E-state index >= 15 is 0 Å². The molecule has 1 atom stereocenters. The normalized spacial score (nSPS) is 17.7. The van der Waals surface area contributed by atoms with Gasteiger partial charge in [0.05, 0.1) is 17.7 Å². The third-order valence-electron chi connectivity index (χ3n) is 3.37. The van der Waals surface area contributed by atoms with Crippen molar-refractivity contribution in [1.29, 1.82) is 5.26 Å². The summed E-state index contributed by atoms with van der Waals surface area (Å²) in [4.78, 5) is 13.3. The summed E-state index contributed by atoms with van der Waals surface area (Å²) < 4.78 is 33.2. The Morgan fingerprint density at radius 1 is 1.39 bits per heavy atom. The number of ether oxygens (including phenoxy) is 1. The predicted octanol–water partition coefficient (Wildman–Crippen LogP) is 2.94. The molecule has 1 heterocycles. The number of carbonyl (C=O) groups is 1. The van der Waals surface area contributed by atoms with E-state index in [-0.39, 0.29) is 23.8 Å². The van der Waals surface area contributed by atoms with Crippen LogP contribution in [0, 0.1) is 23.0 Å². The number of nitrogens with zero attached hydrogens (tertiary/aromatic N) is 2. The monoisotopic (exact) mass is 323 g/mol. The van der Waals surface area contributed by atoms with Gasteiger partial charge in [-0.05, 0) is 39.3 Å². The van der Waals surface area contributed by atoms with E-state index in [1.807, 2.05) is 0 Å². The fourth-order valence-electron chi connectivity index (χ4n) is 2.49. The Morgan fingerprint density at radius 3 is 2.52 bits per heavy atom. The van der Waals surface area contributed by atoms with Crippen molar-refractivity contribution in [3.05, 3.63) is 29.3 Å². The molecule has 1 saturated heterocycles. The Bertz CT molecular complexity index is 627. The summed E-state index contributed by atoms with van der Waals surface area (Å²) >= 11 is 0. The number of benzene rings is 1. The average Bonchev–Trinajstić information content (AvgIpc) is 2.83. The van der Waals surface area contributed by atoms with Crippen LogP contribution in [0.5, 0.6) is 0 Å². The lowest BCUT2D eigenvalue weighted by Gasteiger charge is -2.23. The largest absolute Gasteiger partial charge is 0.444 e. The van der Waals surface area contributed by atoms with E-state index in [2.05, 4.69) is 5.32 Å². The van der Waals surface area contributed by atoms with E-state index < -0.39 is 23.3 Å². The highest BCUT2D eigenvalue weighted by Gasteiger charge is 2.29. The summed E-state index contributed by atoms with van der Waals surface area (Å²) in [6.07, 6.45) is 0.00288. The number of amides is 1. The highest BCUT2D eigenvalue weighted by Crippen LogP contribution is 2.28. The summed E-state index contributed by atoms with van der Waals surface area (Å²) in [5.41, 5.74) is -0.836. The number of halogens is 2. The first-order chi connectivity index (χ1) is 10.7. The Kier molecular flexibility index (Phi) is 4.73. The van der Waals surface area contributed by atoms with Crippen LogP contribution in [-0.4, -0.2) is 30.8 Å². The average molecular weight is 323 g/mol. The fraction of sp³-hybridized carbons (Fsp3) is 0.500. The van der Waals surface area contributed by atoms with Crippen LogP contribution in [0.2, 0.25) is 0 Å². The van der Waals surface area contributed by atoms with E-state index in [1.165, 1.54) is 4.90 Å². The molecule has 0 unspecified atom stereocenters. The first kappa shape index (κ1) is 17.0. The molecule has 1 N–H and O–H groups in total. The molecule has 1 amide bonds. The van der Waals surface area contributed by atoms with Gasteiger partial charge < -0.3 is 15.0 Å². The molecular weight excluding hydrogens is 304 g/mol. The summed E-state index contributed by atoms with van der Waals surface area (Å²) in [6, 6.07) is 3.47. The lowest BCUT2D eigenvalue weighted by atomic mass is 10.2. The van der Waals surface area contributed by atoms with Crippen LogP contribution in [0.4, 0.5) is 19.3 Å². The number of nitrogens with one attached hydrogen (secondary N) is 1. The molecule has 0 saturated carbocycles. The summed E-state index contributed by atoms with van der Waals surface area (Å²) in [7, 11) is 0. The standard InChI is InChI=1S/C16H19F2N3O2/c1-16(2,3)23-15(22)20-11-4-5-21(9-11)14-12(17)6-10(8-19)7-13(14)18/h6-7,11H,4-5,9H2,1-3H3,(H,20,22)/t11-/m0/s1. The molecule has 1 aliphatic rings. The second-order valence-electron chi connectivity index (χ2n) is 6.48. The minimum atomic E-state index is -0.778. The molecule has 7 heteroatoms. The highest BCUT2D eigenvalue weighted by atomic mass is 19.1. The Balaban J connectivity index is 2.04. The number of hydrogen-bond donors (Lipinski definition) is 1. The van der Waals surface area contributed by atoms with Gasteiger partial charge in [0.1, 0.15) is 11.3 Å². The van der Waals surface area contributed by atoms with E-state index in [0.717, 1.165) is 12.1 Å². The molecule has 23 heavy (non-hydrogen) atoms. The number of carbonyl (C=O) groups excluding carboxylic acids is 1. The Hall–Kier alpha value is -2.36. The van der Waals surface area contributed by atoms with Crippen LogP contribution < -0.4 is 10.2 Å². The van der Waals surface area contributed by atoms with Gasteiger partial charge in [-0.25, -0.2) is 13.6 Å². The van der Waals surface area contributed by atoms with Gasteiger partial charge in [0.2, 0.25) is 0 Å². The molecule has 1 aromatic carbocycles. The van der Waals surface area contributed by atoms with Crippen LogP contribution in [0.25, 0.3) is 0 Å². The van der Waals surface area contributed by atoms with Crippen molar-refractivity contribution in [2.24, 2.45) is 0 Å². The maximum atomic E-state index is 14.0. The van der Waals surface area contributed by atoms with Gasteiger partial charge in [0, 0.05) is 13.1 Å². The van der Waals surface area contributed by atoms with Gasteiger partial charge in [-0.2, -0.15) is 5.26 Å². The highest BCUT2D eigenvalue weighted by molar-refractivity contribution is 5.68. The molecule has 2 rings (SSSR count). The Labute approximate surface area is 133 Å². The lowest BCUT2D eigenvalue weighted by molar-refractivity contribution is 0.0509. The van der Waals surface area contributed by atoms with Crippen molar-refractivity contribution in [1.82, 2.24) is 5.32 Å². The number of alkyl carbamates (subject to hydrolysis) is 1. The molecule has 0 spiro atoms. The van der Waals surface area contributed by atoms with E-state index in [1.54, 1.807) is 26.8 Å². The van der Waals surface area contributed by atoms with Crippen LogP contribution in [0.15, 0.2) is 12.1 Å². The summed E-state index contributed by atoms with van der Waals surface area (Å²) in [6.45, 7) is 5.96. The van der Waals surface area contributed by atoms with Crippen LogP contribution in [-0.2, 0) is 4.74 Å². The molecule has 1 fully saturated rings. The van der Waals surface area contributed by atoms with Crippen molar-refractivity contribution in [2.75, 3.05) is 18.0 Å². The molecule has 0 aromatic heterocycles. The smallest absolute Gasteiger partial charge is 0.407 e.